The second kappa shape index (κ2) is 6.89. The first kappa shape index (κ1) is 16.7. The van der Waals surface area contributed by atoms with Crippen LogP contribution >= 0.6 is 0 Å². The van der Waals surface area contributed by atoms with E-state index < -0.39 is 11.7 Å². The molecule has 1 aromatic carbocycles. The van der Waals surface area contributed by atoms with Crippen LogP contribution in [-0.4, -0.2) is 24.0 Å². The number of hydrogen-bond acceptors (Lipinski definition) is 4. The number of rotatable bonds is 4. The number of Topliss-reactive ketones (excluding diaryl/α,β-unsaturated/α-hetero) is 1. The Morgan fingerprint density at radius 2 is 1.95 bits per heavy atom. The topological polar surface area (TPSA) is 79.2 Å². The Kier molecular flexibility index (Phi) is 5.48. The molecule has 0 atom stereocenters. The van der Waals surface area contributed by atoms with E-state index in [4.69, 9.17) is 10.00 Å². The van der Waals surface area contributed by atoms with Gasteiger partial charge in [0, 0.05) is 12.1 Å². The van der Waals surface area contributed by atoms with Gasteiger partial charge >= 0.3 is 6.09 Å². The van der Waals surface area contributed by atoms with Gasteiger partial charge in [-0.2, -0.15) is 5.26 Å². The second-order valence-electron chi connectivity index (χ2n) is 5.77. The van der Waals surface area contributed by atoms with Crippen LogP contribution in [0.15, 0.2) is 18.2 Å². The number of ketones is 1. The fourth-order valence-electron chi connectivity index (χ4n) is 1.73. The maximum Gasteiger partial charge on any atom is 0.407 e. The molecule has 0 bridgehead atoms. The SMILES string of the molecule is CC(=O)c1cc(C#N)cc(CCNC(=O)OC(C)(C)C)c1. The Bertz CT molecular complexity index is 580. The summed E-state index contributed by atoms with van der Waals surface area (Å²) in [5, 5.41) is 11.6. The lowest BCUT2D eigenvalue weighted by Crippen LogP contribution is -2.33. The third kappa shape index (κ3) is 6.09. The zero-order valence-electron chi connectivity index (χ0n) is 12.8. The number of alkyl carbamates (subject to hydrolysis) is 1. The summed E-state index contributed by atoms with van der Waals surface area (Å²) in [7, 11) is 0. The second-order valence-corrected chi connectivity index (χ2v) is 5.77. The van der Waals surface area contributed by atoms with E-state index in [2.05, 4.69) is 5.32 Å². The zero-order chi connectivity index (χ0) is 16.0. The first-order chi connectivity index (χ1) is 9.71. The minimum atomic E-state index is -0.535. The minimum absolute atomic E-state index is 0.0894. The minimum Gasteiger partial charge on any atom is -0.444 e. The highest BCUT2D eigenvalue weighted by Crippen LogP contribution is 2.11. The summed E-state index contributed by atoms with van der Waals surface area (Å²) >= 11 is 0. The van der Waals surface area contributed by atoms with Gasteiger partial charge in [-0.05, 0) is 57.9 Å². The third-order valence-electron chi connectivity index (χ3n) is 2.61. The van der Waals surface area contributed by atoms with Crippen molar-refractivity contribution in [2.45, 2.75) is 39.7 Å². The Morgan fingerprint density at radius 3 is 2.48 bits per heavy atom. The van der Waals surface area contributed by atoms with Crippen LogP contribution < -0.4 is 5.32 Å². The number of ether oxygens (including phenoxy) is 1. The Hall–Kier alpha value is -2.35. The molecule has 1 N–H and O–H groups in total. The molecule has 0 saturated carbocycles. The number of benzene rings is 1. The number of amides is 1. The van der Waals surface area contributed by atoms with Gasteiger partial charge in [0.25, 0.3) is 0 Å². The van der Waals surface area contributed by atoms with Crippen molar-refractivity contribution in [3.63, 3.8) is 0 Å². The third-order valence-corrected chi connectivity index (χ3v) is 2.61. The standard InChI is InChI=1S/C16H20N2O3/c1-11(19)14-8-12(7-13(9-14)10-17)5-6-18-15(20)21-16(2,3)4/h7-9H,5-6H2,1-4H3,(H,18,20). The van der Waals surface area contributed by atoms with Crippen LogP contribution in [-0.2, 0) is 11.2 Å². The van der Waals surface area contributed by atoms with Crippen molar-refractivity contribution in [1.29, 1.82) is 5.26 Å². The van der Waals surface area contributed by atoms with Gasteiger partial charge in [0.2, 0.25) is 0 Å². The van der Waals surface area contributed by atoms with Gasteiger partial charge in [-0.1, -0.05) is 0 Å². The molecule has 112 valence electrons. The molecule has 0 radical (unpaired) electrons. The molecular weight excluding hydrogens is 268 g/mol. The van der Waals surface area contributed by atoms with Crippen LogP contribution in [0.2, 0.25) is 0 Å². The normalized spacial score (nSPS) is 10.6. The van der Waals surface area contributed by atoms with Crippen LogP contribution in [0.3, 0.4) is 0 Å². The number of nitrogens with zero attached hydrogens (tertiary/aromatic N) is 1. The summed E-state index contributed by atoms with van der Waals surface area (Å²) in [5.74, 6) is -0.0894. The lowest BCUT2D eigenvalue weighted by atomic mass is 10.0. The van der Waals surface area contributed by atoms with E-state index in [0.29, 0.717) is 24.1 Å². The van der Waals surface area contributed by atoms with Crippen LogP contribution in [0.1, 0.15) is 49.2 Å². The Balaban J connectivity index is 2.64. The van der Waals surface area contributed by atoms with Crippen molar-refractivity contribution in [3.05, 3.63) is 34.9 Å². The zero-order valence-corrected chi connectivity index (χ0v) is 12.8. The van der Waals surface area contributed by atoms with E-state index in [9.17, 15) is 9.59 Å². The van der Waals surface area contributed by atoms with Crippen LogP contribution in [0.5, 0.6) is 0 Å². The Labute approximate surface area is 124 Å². The fraction of sp³-hybridized carbons (Fsp3) is 0.438. The van der Waals surface area contributed by atoms with E-state index in [1.165, 1.54) is 6.92 Å². The largest absolute Gasteiger partial charge is 0.444 e. The predicted octanol–water partition coefficient (Wildman–Crippen LogP) is 2.83. The maximum atomic E-state index is 11.5. The van der Waals surface area contributed by atoms with Crippen molar-refractivity contribution in [3.8, 4) is 6.07 Å². The average Bonchev–Trinajstić information content (AvgIpc) is 2.36. The van der Waals surface area contributed by atoms with Gasteiger partial charge < -0.3 is 10.1 Å². The van der Waals surface area contributed by atoms with E-state index in [0.717, 1.165) is 5.56 Å². The van der Waals surface area contributed by atoms with Crippen molar-refractivity contribution < 1.29 is 14.3 Å². The first-order valence-corrected chi connectivity index (χ1v) is 6.73. The summed E-state index contributed by atoms with van der Waals surface area (Å²) in [6, 6.07) is 7.04. The smallest absolute Gasteiger partial charge is 0.407 e. The summed E-state index contributed by atoms with van der Waals surface area (Å²) in [6.45, 7) is 7.21. The predicted molar refractivity (Wildman–Crippen MR) is 79.1 cm³/mol. The fourth-order valence-corrected chi connectivity index (χ4v) is 1.73. The summed E-state index contributed by atoms with van der Waals surface area (Å²) in [4.78, 5) is 22.9. The molecular formula is C16H20N2O3. The van der Waals surface area contributed by atoms with Crippen LogP contribution in [0, 0.1) is 11.3 Å². The molecule has 1 aromatic rings. The van der Waals surface area contributed by atoms with Crippen molar-refractivity contribution in [1.82, 2.24) is 5.32 Å². The summed E-state index contributed by atoms with van der Waals surface area (Å²) in [5.41, 5.74) is 1.23. The highest BCUT2D eigenvalue weighted by atomic mass is 16.6. The van der Waals surface area contributed by atoms with E-state index in [-0.39, 0.29) is 5.78 Å². The summed E-state index contributed by atoms with van der Waals surface area (Å²) < 4.78 is 5.13. The maximum absolute atomic E-state index is 11.5. The van der Waals surface area contributed by atoms with E-state index in [1.807, 2.05) is 6.07 Å². The molecule has 0 aliphatic heterocycles. The number of nitrogens with one attached hydrogen (secondary N) is 1. The molecule has 5 heteroatoms. The van der Waals surface area contributed by atoms with E-state index >= 15 is 0 Å². The van der Waals surface area contributed by atoms with Crippen molar-refractivity contribution >= 4 is 11.9 Å². The summed E-state index contributed by atoms with van der Waals surface area (Å²) in [6.07, 6.45) is 0.0421. The molecule has 0 aliphatic rings. The lowest BCUT2D eigenvalue weighted by Gasteiger charge is -2.19. The van der Waals surface area contributed by atoms with Gasteiger partial charge in [0.05, 0.1) is 11.6 Å². The van der Waals surface area contributed by atoms with Gasteiger partial charge in [0.15, 0.2) is 5.78 Å². The van der Waals surface area contributed by atoms with Gasteiger partial charge in [-0.25, -0.2) is 4.79 Å². The molecule has 1 amide bonds. The molecule has 21 heavy (non-hydrogen) atoms. The quantitative estimate of drug-likeness (QED) is 0.864. The number of hydrogen-bond donors (Lipinski definition) is 1. The highest BCUT2D eigenvalue weighted by molar-refractivity contribution is 5.94. The monoisotopic (exact) mass is 288 g/mol. The number of carbonyl (C=O) groups excluding carboxylic acids is 2. The van der Waals surface area contributed by atoms with Gasteiger partial charge in [0.1, 0.15) is 5.60 Å². The lowest BCUT2D eigenvalue weighted by molar-refractivity contribution is 0.0528. The number of carbonyl (C=O) groups is 2. The average molecular weight is 288 g/mol. The first-order valence-electron chi connectivity index (χ1n) is 6.73. The van der Waals surface area contributed by atoms with Gasteiger partial charge in [-0.15, -0.1) is 0 Å². The molecule has 1 rings (SSSR count). The molecule has 0 aromatic heterocycles. The number of nitriles is 1. The molecule has 0 unspecified atom stereocenters. The molecule has 0 aliphatic carbocycles. The van der Waals surface area contributed by atoms with Crippen molar-refractivity contribution in [2.75, 3.05) is 6.54 Å². The van der Waals surface area contributed by atoms with E-state index in [1.54, 1.807) is 39.0 Å². The Morgan fingerprint density at radius 1 is 1.29 bits per heavy atom. The molecule has 0 fully saturated rings. The van der Waals surface area contributed by atoms with Gasteiger partial charge in [-0.3, -0.25) is 4.79 Å². The molecule has 5 nitrogen and oxygen atoms in total. The molecule has 0 saturated heterocycles. The van der Waals surface area contributed by atoms with Crippen LogP contribution in [0.25, 0.3) is 0 Å². The molecule has 0 spiro atoms. The molecule has 0 heterocycles. The highest BCUT2D eigenvalue weighted by Gasteiger charge is 2.15. The van der Waals surface area contributed by atoms with Crippen molar-refractivity contribution in [2.24, 2.45) is 0 Å². The van der Waals surface area contributed by atoms with Crippen LogP contribution in [0.4, 0.5) is 4.79 Å².